The van der Waals surface area contributed by atoms with E-state index in [9.17, 15) is 14.0 Å². The number of rotatable bonds is 3. The molecule has 2 aromatic carbocycles. The monoisotopic (exact) mass is 362 g/mol. The number of benzene rings is 2. The van der Waals surface area contributed by atoms with Gasteiger partial charge in [-0.2, -0.15) is 5.26 Å². The smallest absolute Gasteiger partial charge is 0.329 e. The van der Waals surface area contributed by atoms with Gasteiger partial charge in [-0.15, -0.1) is 0 Å². The molecule has 134 valence electrons. The molecule has 0 radical (unpaired) electrons. The predicted octanol–water partition coefficient (Wildman–Crippen LogP) is 3.15. The zero-order valence-corrected chi connectivity index (χ0v) is 14.4. The van der Waals surface area contributed by atoms with E-state index in [2.05, 4.69) is 10.3 Å². The third kappa shape index (κ3) is 2.81. The SMILES string of the molecule is Cc1ccc(C#N)cc1N1C(=O)N[C@H](Cc2c[nH]c3cc(F)ccc23)C1=O. The summed E-state index contributed by atoms with van der Waals surface area (Å²) < 4.78 is 13.3. The van der Waals surface area contributed by atoms with Gasteiger partial charge in [-0.05, 0) is 48.4 Å². The van der Waals surface area contributed by atoms with Crippen molar-refractivity contribution in [2.45, 2.75) is 19.4 Å². The minimum atomic E-state index is -0.730. The molecule has 0 aliphatic carbocycles. The highest BCUT2D eigenvalue weighted by Gasteiger charge is 2.40. The highest BCUT2D eigenvalue weighted by molar-refractivity contribution is 6.21. The van der Waals surface area contributed by atoms with Gasteiger partial charge in [-0.3, -0.25) is 4.79 Å². The molecule has 27 heavy (non-hydrogen) atoms. The van der Waals surface area contributed by atoms with Gasteiger partial charge in [0.25, 0.3) is 5.91 Å². The summed E-state index contributed by atoms with van der Waals surface area (Å²) >= 11 is 0. The Morgan fingerprint density at radius 2 is 2.04 bits per heavy atom. The van der Waals surface area contributed by atoms with Gasteiger partial charge in [0.15, 0.2) is 0 Å². The van der Waals surface area contributed by atoms with Crippen molar-refractivity contribution in [3.05, 3.63) is 65.1 Å². The van der Waals surface area contributed by atoms with Crippen molar-refractivity contribution < 1.29 is 14.0 Å². The third-order valence-corrected chi connectivity index (χ3v) is 4.75. The van der Waals surface area contributed by atoms with E-state index in [1.807, 2.05) is 6.07 Å². The molecular formula is C20H15FN4O2. The maximum Gasteiger partial charge on any atom is 0.329 e. The zero-order valence-electron chi connectivity index (χ0n) is 14.4. The van der Waals surface area contributed by atoms with Crippen molar-refractivity contribution >= 4 is 28.5 Å². The van der Waals surface area contributed by atoms with Gasteiger partial charge in [0, 0.05) is 23.5 Å². The number of amides is 3. The molecule has 3 aromatic rings. The van der Waals surface area contributed by atoms with Gasteiger partial charge < -0.3 is 10.3 Å². The Morgan fingerprint density at radius 3 is 2.81 bits per heavy atom. The molecule has 1 saturated heterocycles. The summed E-state index contributed by atoms with van der Waals surface area (Å²) in [6.45, 7) is 1.78. The lowest BCUT2D eigenvalue weighted by molar-refractivity contribution is -0.118. The van der Waals surface area contributed by atoms with Gasteiger partial charge in [-0.25, -0.2) is 14.1 Å². The van der Waals surface area contributed by atoms with Gasteiger partial charge in [-0.1, -0.05) is 6.07 Å². The van der Waals surface area contributed by atoms with Crippen LogP contribution in [-0.4, -0.2) is 23.0 Å². The molecule has 1 aliphatic heterocycles. The number of anilines is 1. The van der Waals surface area contributed by atoms with E-state index in [1.165, 1.54) is 18.2 Å². The topological polar surface area (TPSA) is 89.0 Å². The molecule has 1 aliphatic rings. The summed E-state index contributed by atoms with van der Waals surface area (Å²) in [5, 5.41) is 12.6. The Hall–Kier alpha value is -3.66. The quantitative estimate of drug-likeness (QED) is 0.702. The second-order valence-electron chi connectivity index (χ2n) is 6.50. The number of carbonyl (C=O) groups is 2. The molecule has 1 aromatic heterocycles. The molecule has 7 heteroatoms. The zero-order chi connectivity index (χ0) is 19.1. The number of nitrogens with zero attached hydrogens (tertiary/aromatic N) is 2. The van der Waals surface area contributed by atoms with Crippen LogP contribution in [0.5, 0.6) is 0 Å². The molecule has 0 bridgehead atoms. The molecular weight excluding hydrogens is 347 g/mol. The molecule has 0 unspecified atom stereocenters. The summed E-state index contributed by atoms with van der Waals surface area (Å²) in [6.07, 6.45) is 2.00. The van der Waals surface area contributed by atoms with E-state index in [-0.39, 0.29) is 18.1 Å². The van der Waals surface area contributed by atoms with Gasteiger partial charge in [0.2, 0.25) is 0 Å². The fourth-order valence-electron chi connectivity index (χ4n) is 3.36. The number of H-pyrrole nitrogens is 1. The Kier molecular flexibility index (Phi) is 3.89. The molecule has 4 rings (SSSR count). The predicted molar refractivity (Wildman–Crippen MR) is 97.7 cm³/mol. The van der Waals surface area contributed by atoms with Crippen molar-refractivity contribution in [1.82, 2.24) is 10.3 Å². The van der Waals surface area contributed by atoms with E-state index in [0.717, 1.165) is 21.4 Å². The van der Waals surface area contributed by atoms with Gasteiger partial charge in [0.05, 0.1) is 17.3 Å². The Bertz CT molecular complexity index is 1130. The van der Waals surface area contributed by atoms with E-state index in [1.54, 1.807) is 31.3 Å². The van der Waals surface area contributed by atoms with Gasteiger partial charge in [0.1, 0.15) is 11.9 Å². The first kappa shape index (κ1) is 16.8. The Morgan fingerprint density at radius 1 is 1.22 bits per heavy atom. The molecule has 2 N–H and O–H groups in total. The number of hydrogen-bond acceptors (Lipinski definition) is 3. The molecule has 1 atom stereocenters. The molecule has 0 saturated carbocycles. The first-order valence-electron chi connectivity index (χ1n) is 8.38. The number of hydrogen-bond donors (Lipinski definition) is 2. The number of urea groups is 1. The van der Waals surface area contributed by atoms with Crippen LogP contribution in [0.15, 0.2) is 42.6 Å². The van der Waals surface area contributed by atoms with Crippen LogP contribution in [0.4, 0.5) is 14.9 Å². The fraction of sp³-hybridized carbons (Fsp3) is 0.150. The summed E-state index contributed by atoms with van der Waals surface area (Å²) in [7, 11) is 0. The third-order valence-electron chi connectivity index (χ3n) is 4.75. The number of imide groups is 1. The number of fused-ring (bicyclic) bond motifs is 1. The van der Waals surface area contributed by atoms with Crippen molar-refractivity contribution in [2.24, 2.45) is 0 Å². The summed E-state index contributed by atoms with van der Waals surface area (Å²) in [6, 6.07) is 10.0. The van der Waals surface area contributed by atoms with Crippen molar-refractivity contribution in [1.29, 1.82) is 5.26 Å². The largest absolute Gasteiger partial charge is 0.361 e. The lowest BCUT2D eigenvalue weighted by Crippen LogP contribution is -2.32. The maximum absolute atomic E-state index is 13.3. The number of nitriles is 1. The van der Waals surface area contributed by atoms with Crippen LogP contribution in [0.2, 0.25) is 0 Å². The van der Waals surface area contributed by atoms with Gasteiger partial charge >= 0.3 is 6.03 Å². The first-order chi connectivity index (χ1) is 13.0. The lowest BCUT2D eigenvalue weighted by Gasteiger charge is -2.16. The van der Waals surface area contributed by atoms with Crippen LogP contribution in [-0.2, 0) is 11.2 Å². The number of carbonyl (C=O) groups excluding carboxylic acids is 2. The van der Waals surface area contributed by atoms with Crippen LogP contribution in [0.1, 0.15) is 16.7 Å². The van der Waals surface area contributed by atoms with Crippen LogP contribution in [0, 0.1) is 24.1 Å². The number of aromatic amines is 1. The van der Waals surface area contributed by atoms with E-state index < -0.39 is 12.1 Å². The standard InChI is InChI=1S/C20H15FN4O2/c1-11-2-3-12(9-22)6-18(11)25-19(26)17(24-20(25)27)7-13-10-23-16-8-14(21)4-5-15(13)16/h2-6,8,10,17,23H,7H2,1H3,(H,24,27)/t17-/m1/s1. The van der Waals surface area contributed by atoms with Crippen LogP contribution >= 0.6 is 0 Å². The second-order valence-corrected chi connectivity index (χ2v) is 6.50. The Labute approximate surface area is 154 Å². The minimum Gasteiger partial charge on any atom is -0.361 e. The highest BCUT2D eigenvalue weighted by Crippen LogP contribution is 2.27. The summed E-state index contributed by atoms with van der Waals surface area (Å²) in [4.78, 5) is 29.4. The second kappa shape index (κ2) is 6.25. The van der Waals surface area contributed by atoms with Crippen LogP contribution in [0.3, 0.4) is 0 Å². The van der Waals surface area contributed by atoms with Crippen LogP contribution < -0.4 is 10.2 Å². The molecule has 6 nitrogen and oxygen atoms in total. The normalized spacial score (nSPS) is 16.6. The minimum absolute atomic E-state index is 0.281. The average Bonchev–Trinajstić information content (AvgIpc) is 3.16. The van der Waals surface area contributed by atoms with Crippen LogP contribution in [0.25, 0.3) is 10.9 Å². The Balaban J connectivity index is 1.64. The summed E-state index contributed by atoms with van der Waals surface area (Å²) in [5.41, 5.74) is 2.95. The first-order valence-corrected chi connectivity index (χ1v) is 8.38. The fourth-order valence-corrected chi connectivity index (χ4v) is 3.36. The van der Waals surface area contributed by atoms with Crippen molar-refractivity contribution in [2.75, 3.05) is 4.90 Å². The molecule has 1 fully saturated rings. The molecule has 0 spiro atoms. The van der Waals surface area contributed by atoms with E-state index >= 15 is 0 Å². The average molecular weight is 362 g/mol. The molecule has 3 amide bonds. The number of halogens is 1. The number of aryl methyl sites for hydroxylation is 1. The number of aromatic nitrogens is 1. The van der Waals surface area contributed by atoms with E-state index in [4.69, 9.17) is 5.26 Å². The van der Waals surface area contributed by atoms with Crippen molar-refractivity contribution in [3.63, 3.8) is 0 Å². The summed E-state index contributed by atoms with van der Waals surface area (Å²) in [5.74, 6) is -0.727. The lowest BCUT2D eigenvalue weighted by atomic mass is 10.0. The molecule has 2 heterocycles. The van der Waals surface area contributed by atoms with E-state index in [0.29, 0.717) is 16.8 Å². The highest BCUT2D eigenvalue weighted by atomic mass is 19.1. The number of nitrogens with one attached hydrogen (secondary N) is 2. The maximum atomic E-state index is 13.3. The van der Waals surface area contributed by atoms with Crippen molar-refractivity contribution in [3.8, 4) is 6.07 Å².